The zero-order valence-electron chi connectivity index (χ0n) is 6.12. The molecule has 0 aliphatic rings. The van der Waals surface area contributed by atoms with Crippen molar-refractivity contribution in [2.24, 2.45) is 0 Å². The Bertz CT molecular complexity index is 185. The van der Waals surface area contributed by atoms with Crippen LogP contribution in [0.3, 0.4) is 0 Å². The highest BCUT2D eigenvalue weighted by Crippen LogP contribution is 2.13. The average molecular weight is 161 g/mol. The molecule has 0 fully saturated rings. The Hall–Kier alpha value is -0.560. The summed E-state index contributed by atoms with van der Waals surface area (Å²) in [7, 11) is 0. The lowest BCUT2D eigenvalue weighted by Gasteiger charge is -1.88. The molecule has 56 valence electrons. The van der Waals surface area contributed by atoms with Gasteiger partial charge >= 0.3 is 0 Å². The minimum atomic E-state index is -0.483. The molecule has 0 rings (SSSR count). The van der Waals surface area contributed by atoms with E-state index in [2.05, 4.69) is 6.58 Å². The number of allylic oxidation sites excluding steroid dienone is 5. The summed E-state index contributed by atoms with van der Waals surface area (Å²) in [5.41, 5.74) is 1.02. The fourth-order valence-electron chi connectivity index (χ4n) is 0.330. The molecule has 0 spiro atoms. The Kier molecular flexibility index (Phi) is 4.05. The van der Waals surface area contributed by atoms with Crippen LogP contribution in [0, 0.1) is 0 Å². The summed E-state index contributed by atoms with van der Waals surface area (Å²) < 4.78 is 12.5. The summed E-state index contributed by atoms with van der Waals surface area (Å²) in [6.45, 7) is 6.98. The zero-order valence-corrected chi connectivity index (χ0v) is 6.87. The molecule has 0 bridgehead atoms. The van der Waals surface area contributed by atoms with Gasteiger partial charge in [0.2, 0.25) is 0 Å². The summed E-state index contributed by atoms with van der Waals surface area (Å²) in [6, 6.07) is 0. The van der Waals surface area contributed by atoms with Gasteiger partial charge in [0.25, 0.3) is 0 Å². The summed E-state index contributed by atoms with van der Waals surface area (Å²) in [6.07, 6.45) is 2.94. The van der Waals surface area contributed by atoms with E-state index in [9.17, 15) is 4.39 Å². The normalized spacial score (nSPS) is 11.0. The van der Waals surface area contributed by atoms with Crippen LogP contribution in [0.5, 0.6) is 0 Å². The van der Waals surface area contributed by atoms with Crippen molar-refractivity contribution in [3.63, 3.8) is 0 Å². The minimum Gasteiger partial charge on any atom is -0.205 e. The molecule has 0 aliphatic heterocycles. The van der Waals surface area contributed by atoms with Crippen LogP contribution in [0.4, 0.5) is 4.39 Å². The van der Waals surface area contributed by atoms with Crippen molar-refractivity contribution < 1.29 is 4.39 Å². The predicted octanol–water partition coefficient (Wildman–Crippen LogP) is 3.56. The fraction of sp³-hybridized carbons (Fsp3) is 0.250. The molecule has 0 nitrogen and oxygen atoms in total. The van der Waals surface area contributed by atoms with Crippen LogP contribution in [-0.2, 0) is 0 Å². The van der Waals surface area contributed by atoms with Gasteiger partial charge in [0.1, 0.15) is 5.83 Å². The summed E-state index contributed by atoms with van der Waals surface area (Å²) in [5, 5.41) is -0.0579. The molecule has 0 aliphatic carbocycles. The van der Waals surface area contributed by atoms with Crippen molar-refractivity contribution in [3.05, 3.63) is 35.2 Å². The van der Waals surface area contributed by atoms with Crippen LogP contribution < -0.4 is 0 Å². The average Bonchev–Trinajstić information content (AvgIpc) is 1.82. The second-order valence-corrected chi connectivity index (χ2v) is 2.62. The van der Waals surface area contributed by atoms with Crippen LogP contribution in [-0.4, -0.2) is 0 Å². The molecule has 0 atom stereocenters. The van der Waals surface area contributed by atoms with E-state index in [4.69, 9.17) is 11.6 Å². The maximum Gasteiger partial charge on any atom is 0.141 e. The highest BCUT2D eigenvalue weighted by molar-refractivity contribution is 6.31. The van der Waals surface area contributed by atoms with Crippen molar-refractivity contribution >= 4 is 11.6 Å². The van der Waals surface area contributed by atoms with E-state index in [1.54, 1.807) is 6.08 Å². The van der Waals surface area contributed by atoms with Crippen LogP contribution in [0.1, 0.15) is 13.8 Å². The van der Waals surface area contributed by atoms with E-state index < -0.39 is 5.83 Å². The SMILES string of the molecule is C=C(Cl)/C(F)=C\C=C(C)C. The first kappa shape index (κ1) is 9.44. The lowest BCUT2D eigenvalue weighted by molar-refractivity contribution is 0.663. The first-order chi connectivity index (χ1) is 4.54. The lowest BCUT2D eigenvalue weighted by atomic mass is 10.3. The molecule has 2 heteroatoms. The molecule has 0 saturated heterocycles. The highest BCUT2D eigenvalue weighted by atomic mass is 35.5. The third-order valence-electron chi connectivity index (χ3n) is 0.822. The third kappa shape index (κ3) is 4.33. The van der Waals surface area contributed by atoms with Gasteiger partial charge in [0.05, 0.1) is 5.03 Å². The number of hydrogen-bond donors (Lipinski definition) is 0. The van der Waals surface area contributed by atoms with E-state index in [0.29, 0.717) is 0 Å². The maximum absolute atomic E-state index is 12.5. The monoisotopic (exact) mass is 160 g/mol. The molecule has 0 aromatic carbocycles. The lowest BCUT2D eigenvalue weighted by Crippen LogP contribution is -1.69. The first-order valence-electron chi connectivity index (χ1n) is 2.89. The van der Waals surface area contributed by atoms with Gasteiger partial charge in [-0.15, -0.1) is 0 Å². The third-order valence-corrected chi connectivity index (χ3v) is 1.00. The molecular weight excluding hydrogens is 151 g/mol. The van der Waals surface area contributed by atoms with Crippen molar-refractivity contribution in [1.29, 1.82) is 0 Å². The van der Waals surface area contributed by atoms with Crippen molar-refractivity contribution in [3.8, 4) is 0 Å². The molecule has 0 heterocycles. The Balaban J connectivity index is 4.19. The molecule has 0 amide bonds. The van der Waals surface area contributed by atoms with Gasteiger partial charge in [-0.3, -0.25) is 0 Å². The molecule has 10 heavy (non-hydrogen) atoms. The minimum absolute atomic E-state index is 0.0579. The van der Waals surface area contributed by atoms with Crippen LogP contribution in [0.2, 0.25) is 0 Å². The summed E-state index contributed by atoms with van der Waals surface area (Å²) in [5.74, 6) is -0.483. The van der Waals surface area contributed by atoms with E-state index in [1.807, 2.05) is 13.8 Å². The van der Waals surface area contributed by atoms with E-state index in [1.165, 1.54) is 6.08 Å². The maximum atomic E-state index is 12.5. The van der Waals surface area contributed by atoms with Crippen molar-refractivity contribution in [1.82, 2.24) is 0 Å². The second-order valence-electron chi connectivity index (χ2n) is 2.16. The zero-order chi connectivity index (χ0) is 8.15. The van der Waals surface area contributed by atoms with Gasteiger partial charge < -0.3 is 0 Å². The van der Waals surface area contributed by atoms with Crippen molar-refractivity contribution in [2.75, 3.05) is 0 Å². The Labute approximate surface area is 65.7 Å². The second kappa shape index (κ2) is 4.29. The first-order valence-corrected chi connectivity index (χ1v) is 3.27. The van der Waals surface area contributed by atoms with Crippen LogP contribution in [0.25, 0.3) is 0 Å². The molecule has 0 aromatic rings. The molecule has 0 unspecified atom stereocenters. The van der Waals surface area contributed by atoms with Crippen molar-refractivity contribution in [2.45, 2.75) is 13.8 Å². The van der Waals surface area contributed by atoms with Gasteiger partial charge in [0.15, 0.2) is 0 Å². The smallest absolute Gasteiger partial charge is 0.141 e. The van der Waals surface area contributed by atoms with Crippen LogP contribution in [0.15, 0.2) is 35.2 Å². The molecule has 0 aromatic heterocycles. The van der Waals surface area contributed by atoms with Gasteiger partial charge in [-0.2, -0.15) is 0 Å². The van der Waals surface area contributed by atoms with Gasteiger partial charge in [-0.25, -0.2) is 4.39 Å². The molecule has 0 N–H and O–H groups in total. The Morgan fingerprint density at radius 1 is 1.40 bits per heavy atom. The van der Waals surface area contributed by atoms with E-state index in [0.717, 1.165) is 5.57 Å². The molecule has 0 radical (unpaired) electrons. The molecule has 0 saturated carbocycles. The fourth-order valence-corrected chi connectivity index (χ4v) is 0.393. The standard InChI is InChI=1S/C8H10ClF/c1-6(2)4-5-8(10)7(3)9/h4-5H,3H2,1-2H3/b8-5+. The van der Waals surface area contributed by atoms with Gasteiger partial charge in [-0.05, 0) is 19.9 Å². The van der Waals surface area contributed by atoms with Gasteiger partial charge in [-0.1, -0.05) is 29.8 Å². The van der Waals surface area contributed by atoms with Crippen LogP contribution >= 0.6 is 11.6 Å². The van der Waals surface area contributed by atoms with E-state index in [-0.39, 0.29) is 5.03 Å². The topological polar surface area (TPSA) is 0 Å². The van der Waals surface area contributed by atoms with E-state index >= 15 is 0 Å². The summed E-state index contributed by atoms with van der Waals surface area (Å²) in [4.78, 5) is 0. The number of hydrogen-bond acceptors (Lipinski definition) is 0. The Morgan fingerprint density at radius 3 is 2.20 bits per heavy atom. The highest BCUT2D eigenvalue weighted by Gasteiger charge is 1.92. The van der Waals surface area contributed by atoms with Gasteiger partial charge in [0, 0.05) is 0 Å². The predicted molar refractivity (Wildman–Crippen MR) is 43.6 cm³/mol. The number of rotatable bonds is 2. The largest absolute Gasteiger partial charge is 0.205 e. The number of halogens is 2. The Morgan fingerprint density at radius 2 is 1.90 bits per heavy atom. The summed E-state index contributed by atoms with van der Waals surface area (Å²) >= 11 is 5.24. The molecular formula is C8H10ClF. The quantitative estimate of drug-likeness (QED) is 0.542.